The van der Waals surface area contributed by atoms with Crippen LogP contribution in [-0.2, 0) is 4.74 Å². The molecule has 1 saturated heterocycles. The fraction of sp³-hybridized carbons (Fsp3) is 0.457. The standard InChI is InChI=1S/C35H43N3O5/c1-33(2,3)43-32(42)37-21-19-36(20-22-37)28-10-8-7-9-26(28)30(39)38-18-16-29-34(4,5)27(15-17-35(29,6)23-38)24-11-13-25(14-12-24)31(40)41/h7-16H,17-23H2,1-6H3,(H,40,41). The molecule has 0 aromatic heterocycles. The first-order valence-electron chi connectivity index (χ1n) is 15.1. The van der Waals surface area contributed by atoms with Crippen LogP contribution in [0.25, 0.3) is 5.57 Å². The van der Waals surface area contributed by atoms with Crippen molar-refractivity contribution in [2.45, 2.75) is 53.6 Å². The number of benzene rings is 2. The molecule has 0 spiro atoms. The third kappa shape index (κ3) is 6.05. The summed E-state index contributed by atoms with van der Waals surface area (Å²) in [7, 11) is 0. The molecule has 228 valence electrons. The highest BCUT2D eigenvalue weighted by Gasteiger charge is 2.46. The lowest BCUT2D eigenvalue weighted by Crippen LogP contribution is -2.51. The van der Waals surface area contributed by atoms with E-state index in [0.29, 0.717) is 44.8 Å². The van der Waals surface area contributed by atoms with Gasteiger partial charge in [0.1, 0.15) is 5.60 Å². The number of para-hydroxylation sites is 1. The summed E-state index contributed by atoms with van der Waals surface area (Å²) in [5.74, 6) is -0.918. The zero-order valence-electron chi connectivity index (χ0n) is 26.1. The third-order valence-electron chi connectivity index (χ3n) is 8.95. The maximum atomic E-state index is 14.1. The van der Waals surface area contributed by atoms with Crippen LogP contribution in [0.15, 0.2) is 66.3 Å². The number of aromatic carboxylic acids is 1. The fourth-order valence-electron chi connectivity index (χ4n) is 6.91. The fourth-order valence-corrected chi connectivity index (χ4v) is 6.91. The number of ether oxygens (including phenoxy) is 1. The van der Waals surface area contributed by atoms with Crippen LogP contribution in [-0.4, -0.2) is 77.7 Å². The largest absolute Gasteiger partial charge is 0.478 e. The third-order valence-corrected chi connectivity index (χ3v) is 8.95. The first-order valence-corrected chi connectivity index (χ1v) is 15.1. The van der Waals surface area contributed by atoms with Crippen molar-refractivity contribution in [2.75, 3.05) is 44.2 Å². The summed E-state index contributed by atoms with van der Waals surface area (Å²) < 4.78 is 5.55. The van der Waals surface area contributed by atoms with Crippen LogP contribution in [0.4, 0.5) is 10.5 Å². The van der Waals surface area contributed by atoms with Crippen molar-refractivity contribution in [3.8, 4) is 0 Å². The average Bonchev–Trinajstić information content (AvgIpc) is 2.95. The zero-order chi connectivity index (χ0) is 31.2. The molecule has 0 radical (unpaired) electrons. The molecule has 8 nitrogen and oxygen atoms in total. The molecule has 2 aromatic carbocycles. The van der Waals surface area contributed by atoms with E-state index >= 15 is 0 Å². The number of anilines is 1. The van der Waals surface area contributed by atoms with E-state index < -0.39 is 11.6 Å². The van der Waals surface area contributed by atoms with E-state index in [2.05, 4.69) is 37.8 Å². The first kappa shape index (κ1) is 30.4. The van der Waals surface area contributed by atoms with E-state index in [1.165, 1.54) is 11.1 Å². The van der Waals surface area contributed by atoms with E-state index in [1.807, 2.05) is 62.1 Å². The van der Waals surface area contributed by atoms with Gasteiger partial charge in [-0.3, -0.25) is 4.79 Å². The quantitative estimate of drug-likeness (QED) is 0.421. The van der Waals surface area contributed by atoms with Crippen molar-refractivity contribution in [1.82, 2.24) is 9.80 Å². The van der Waals surface area contributed by atoms with Gasteiger partial charge in [-0.05, 0) is 62.6 Å². The number of carboxylic acid groups (broad SMARTS) is 1. The Balaban J connectivity index is 1.32. The van der Waals surface area contributed by atoms with Gasteiger partial charge in [-0.25, -0.2) is 9.59 Å². The minimum atomic E-state index is -0.930. The number of hydrogen-bond acceptors (Lipinski definition) is 5. The number of piperazine rings is 1. The summed E-state index contributed by atoms with van der Waals surface area (Å²) in [6.07, 6.45) is 4.98. The van der Waals surface area contributed by atoms with Gasteiger partial charge in [-0.15, -0.1) is 0 Å². The Morgan fingerprint density at radius 3 is 2.14 bits per heavy atom. The van der Waals surface area contributed by atoms with Crippen LogP contribution in [0, 0.1) is 10.8 Å². The lowest BCUT2D eigenvalue weighted by Gasteiger charge is -2.50. The summed E-state index contributed by atoms with van der Waals surface area (Å²) in [5.41, 5.74) is 4.36. The molecule has 2 heterocycles. The molecule has 1 unspecified atom stereocenters. The molecule has 43 heavy (non-hydrogen) atoms. The van der Waals surface area contributed by atoms with Crippen molar-refractivity contribution in [2.24, 2.45) is 10.8 Å². The average molecular weight is 586 g/mol. The van der Waals surface area contributed by atoms with Gasteiger partial charge in [0.05, 0.1) is 11.1 Å². The van der Waals surface area contributed by atoms with Crippen molar-refractivity contribution in [3.63, 3.8) is 0 Å². The van der Waals surface area contributed by atoms with E-state index in [9.17, 15) is 19.5 Å². The lowest BCUT2D eigenvalue weighted by molar-refractivity contribution is 0.0240. The Morgan fingerprint density at radius 2 is 1.51 bits per heavy atom. The molecule has 0 saturated carbocycles. The van der Waals surface area contributed by atoms with Crippen LogP contribution in [0.5, 0.6) is 0 Å². The normalized spacial score (nSPS) is 21.9. The maximum absolute atomic E-state index is 14.1. The SMILES string of the molecule is CC(C)(C)OC(=O)N1CCN(c2ccccc2C(=O)N2CC=C3C(C)(CC=C(c4ccc(C(=O)O)cc4)C3(C)C)C2)CC1. The van der Waals surface area contributed by atoms with Crippen molar-refractivity contribution in [3.05, 3.63) is 82.9 Å². The molecule has 1 atom stereocenters. The van der Waals surface area contributed by atoms with Crippen molar-refractivity contribution >= 4 is 29.2 Å². The van der Waals surface area contributed by atoms with Crippen LogP contribution >= 0.6 is 0 Å². The van der Waals surface area contributed by atoms with Crippen LogP contribution in [0.3, 0.4) is 0 Å². The molecule has 0 bridgehead atoms. The minimum absolute atomic E-state index is 0.0125. The van der Waals surface area contributed by atoms with Gasteiger partial charge in [0.2, 0.25) is 0 Å². The van der Waals surface area contributed by atoms with E-state index in [1.54, 1.807) is 17.0 Å². The van der Waals surface area contributed by atoms with E-state index in [-0.39, 0.29) is 28.4 Å². The van der Waals surface area contributed by atoms with Gasteiger partial charge >= 0.3 is 12.1 Å². The van der Waals surface area contributed by atoms with Gasteiger partial charge in [-0.1, -0.05) is 62.8 Å². The number of carbonyl (C=O) groups excluding carboxylic acids is 2. The summed E-state index contributed by atoms with van der Waals surface area (Å²) >= 11 is 0. The Labute approximate surface area is 254 Å². The molecule has 5 rings (SSSR count). The number of hydrogen-bond donors (Lipinski definition) is 1. The summed E-state index contributed by atoms with van der Waals surface area (Å²) in [6.45, 7) is 15.7. The topological polar surface area (TPSA) is 90.4 Å². The second kappa shape index (κ2) is 11.2. The highest BCUT2D eigenvalue weighted by atomic mass is 16.6. The Kier molecular flexibility index (Phi) is 7.92. The number of allylic oxidation sites excluding steroid dienone is 2. The summed E-state index contributed by atoms with van der Waals surface area (Å²) in [6, 6.07) is 14.9. The summed E-state index contributed by atoms with van der Waals surface area (Å²) in [4.78, 5) is 43.9. The van der Waals surface area contributed by atoms with Crippen molar-refractivity contribution in [1.29, 1.82) is 0 Å². The number of fused-ring (bicyclic) bond motifs is 1. The predicted molar refractivity (Wildman–Crippen MR) is 168 cm³/mol. The number of rotatable bonds is 4. The minimum Gasteiger partial charge on any atom is -0.478 e. The van der Waals surface area contributed by atoms with E-state index in [0.717, 1.165) is 17.7 Å². The van der Waals surface area contributed by atoms with E-state index in [4.69, 9.17) is 4.74 Å². The second-order valence-electron chi connectivity index (χ2n) is 13.7. The molecule has 1 N–H and O–H groups in total. The van der Waals surface area contributed by atoms with Gasteiger partial charge in [0, 0.05) is 55.8 Å². The van der Waals surface area contributed by atoms with Crippen LogP contribution < -0.4 is 4.90 Å². The second-order valence-corrected chi connectivity index (χ2v) is 13.7. The van der Waals surface area contributed by atoms with Gasteiger partial charge in [-0.2, -0.15) is 0 Å². The van der Waals surface area contributed by atoms with Crippen molar-refractivity contribution < 1.29 is 24.2 Å². The maximum Gasteiger partial charge on any atom is 0.410 e. The Hall–Kier alpha value is -4.07. The number of nitrogens with zero attached hydrogens (tertiary/aromatic N) is 3. The van der Waals surface area contributed by atoms with Gasteiger partial charge in [0.25, 0.3) is 5.91 Å². The molecule has 2 aliphatic heterocycles. The summed E-state index contributed by atoms with van der Waals surface area (Å²) in [5, 5.41) is 9.31. The van der Waals surface area contributed by atoms with Gasteiger partial charge < -0.3 is 24.5 Å². The molecule has 3 aliphatic rings. The van der Waals surface area contributed by atoms with Gasteiger partial charge in [0.15, 0.2) is 0 Å². The Bertz CT molecular complexity index is 1480. The molecule has 8 heteroatoms. The highest BCUT2D eigenvalue weighted by Crippen LogP contribution is 2.55. The smallest absolute Gasteiger partial charge is 0.410 e. The lowest BCUT2D eigenvalue weighted by atomic mass is 9.58. The monoisotopic (exact) mass is 585 g/mol. The molecule has 2 amide bonds. The molecule has 2 aromatic rings. The highest BCUT2D eigenvalue weighted by molar-refractivity contribution is 6.00. The molecule has 1 aliphatic carbocycles. The number of carboxylic acids is 1. The molecule has 1 fully saturated rings. The van der Waals surface area contributed by atoms with Crippen LogP contribution in [0.1, 0.15) is 74.2 Å². The molecular weight excluding hydrogens is 542 g/mol. The Morgan fingerprint density at radius 1 is 0.860 bits per heavy atom. The van der Waals surface area contributed by atoms with Crippen LogP contribution in [0.2, 0.25) is 0 Å². The molecular formula is C35H43N3O5. The first-order chi connectivity index (χ1) is 20.2. The zero-order valence-corrected chi connectivity index (χ0v) is 26.1. The predicted octanol–water partition coefficient (Wildman–Crippen LogP) is 6.34. The number of amides is 2. The number of carbonyl (C=O) groups is 3.